The first-order chi connectivity index (χ1) is 8.31. The van der Waals surface area contributed by atoms with Gasteiger partial charge in [-0.15, -0.1) is 11.6 Å². The van der Waals surface area contributed by atoms with Gasteiger partial charge in [-0.3, -0.25) is 4.90 Å². The minimum absolute atomic E-state index is 0.726. The summed E-state index contributed by atoms with van der Waals surface area (Å²) in [6.45, 7) is 3.38. The number of halogens is 1. The summed E-state index contributed by atoms with van der Waals surface area (Å²) in [5.41, 5.74) is 1.36. The van der Waals surface area contributed by atoms with Gasteiger partial charge in [0.2, 0.25) is 0 Å². The molecule has 1 heterocycles. The van der Waals surface area contributed by atoms with Crippen LogP contribution in [0.5, 0.6) is 5.75 Å². The standard InChI is InChI=1S/C14H20ClNO/c1-17-14-4-2-13(3-5-14)11-16-8-6-12(10-15)7-9-16/h2-5,12H,6-11H2,1H3. The summed E-state index contributed by atoms with van der Waals surface area (Å²) in [5.74, 6) is 2.47. The van der Waals surface area contributed by atoms with Crippen molar-refractivity contribution in [3.63, 3.8) is 0 Å². The van der Waals surface area contributed by atoms with E-state index in [0.29, 0.717) is 0 Å². The molecule has 0 saturated carbocycles. The van der Waals surface area contributed by atoms with Crippen molar-refractivity contribution in [3.8, 4) is 5.75 Å². The number of nitrogens with zero attached hydrogens (tertiary/aromatic N) is 1. The van der Waals surface area contributed by atoms with Crippen LogP contribution in [-0.2, 0) is 6.54 Å². The SMILES string of the molecule is COc1ccc(CN2CCC(CCl)CC2)cc1. The van der Waals surface area contributed by atoms with Crippen LogP contribution >= 0.6 is 11.6 Å². The van der Waals surface area contributed by atoms with E-state index in [2.05, 4.69) is 17.0 Å². The van der Waals surface area contributed by atoms with Crippen molar-refractivity contribution in [1.29, 1.82) is 0 Å². The van der Waals surface area contributed by atoms with Gasteiger partial charge < -0.3 is 4.74 Å². The van der Waals surface area contributed by atoms with E-state index in [-0.39, 0.29) is 0 Å². The Labute approximate surface area is 109 Å². The van der Waals surface area contributed by atoms with Crippen LogP contribution in [-0.4, -0.2) is 31.0 Å². The number of ether oxygens (including phenoxy) is 1. The monoisotopic (exact) mass is 253 g/mol. The number of likely N-dealkylation sites (tertiary alicyclic amines) is 1. The third-order valence-electron chi connectivity index (χ3n) is 3.49. The Bertz CT molecular complexity index is 331. The molecule has 2 rings (SSSR count). The lowest BCUT2D eigenvalue weighted by molar-refractivity contribution is 0.186. The van der Waals surface area contributed by atoms with Crippen LogP contribution in [0.4, 0.5) is 0 Å². The fourth-order valence-corrected chi connectivity index (χ4v) is 2.60. The number of hydrogen-bond donors (Lipinski definition) is 0. The molecule has 1 fully saturated rings. The molecule has 1 aromatic carbocycles. The average Bonchev–Trinajstić information content (AvgIpc) is 2.40. The molecular formula is C14H20ClNO. The zero-order valence-corrected chi connectivity index (χ0v) is 11.1. The lowest BCUT2D eigenvalue weighted by atomic mass is 9.98. The molecule has 0 bridgehead atoms. The van der Waals surface area contributed by atoms with Crippen LogP contribution < -0.4 is 4.74 Å². The highest BCUT2D eigenvalue weighted by atomic mass is 35.5. The van der Waals surface area contributed by atoms with Crippen molar-refractivity contribution < 1.29 is 4.74 Å². The first-order valence-corrected chi connectivity index (χ1v) is 6.76. The van der Waals surface area contributed by atoms with Crippen LogP contribution in [0.2, 0.25) is 0 Å². The van der Waals surface area contributed by atoms with E-state index in [1.165, 1.54) is 31.5 Å². The number of rotatable bonds is 4. The van der Waals surface area contributed by atoms with E-state index in [9.17, 15) is 0 Å². The number of benzene rings is 1. The number of alkyl halides is 1. The Morgan fingerprint density at radius 1 is 1.24 bits per heavy atom. The second-order valence-corrected chi connectivity index (χ2v) is 5.03. The molecule has 1 aliphatic heterocycles. The van der Waals surface area contributed by atoms with Crippen LogP contribution in [0.15, 0.2) is 24.3 Å². The number of methoxy groups -OCH3 is 1. The van der Waals surface area contributed by atoms with Crippen molar-refractivity contribution in [2.24, 2.45) is 5.92 Å². The highest BCUT2D eigenvalue weighted by Crippen LogP contribution is 2.20. The van der Waals surface area contributed by atoms with Gasteiger partial charge in [-0.2, -0.15) is 0 Å². The average molecular weight is 254 g/mol. The van der Waals surface area contributed by atoms with Crippen molar-refractivity contribution in [2.45, 2.75) is 19.4 Å². The van der Waals surface area contributed by atoms with E-state index in [4.69, 9.17) is 16.3 Å². The molecule has 1 saturated heterocycles. The minimum Gasteiger partial charge on any atom is -0.497 e. The van der Waals surface area contributed by atoms with Gasteiger partial charge in [0, 0.05) is 12.4 Å². The zero-order valence-electron chi connectivity index (χ0n) is 10.4. The molecule has 0 spiro atoms. The molecule has 1 aliphatic rings. The lowest BCUT2D eigenvalue weighted by Crippen LogP contribution is -2.33. The summed E-state index contributed by atoms with van der Waals surface area (Å²) in [6.07, 6.45) is 2.47. The maximum absolute atomic E-state index is 5.89. The van der Waals surface area contributed by atoms with Gasteiger partial charge in [-0.05, 0) is 49.5 Å². The summed E-state index contributed by atoms with van der Waals surface area (Å²) in [4.78, 5) is 2.50. The van der Waals surface area contributed by atoms with Crippen LogP contribution in [0.25, 0.3) is 0 Å². The summed E-state index contributed by atoms with van der Waals surface area (Å²) in [6, 6.07) is 8.35. The molecule has 0 radical (unpaired) electrons. The summed E-state index contributed by atoms with van der Waals surface area (Å²) < 4.78 is 5.16. The second-order valence-electron chi connectivity index (χ2n) is 4.72. The van der Waals surface area contributed by atoms with Gasteiger partial charge in [0.15, 0.2) is 0 Å². The minimum atomic E-state index is 0.726. The van der Waals surface area contributed by atoms with Crippen molar-refractivity contribution >= 4 is 11.6 Å². The van der Waals surface area contributed by atoms with Gasteiger partial charge in [0.1, 0.15) is 5.75 Å². The fourth-order valence-electron chi connectivity index (χ4n) is 2.29. The van der Waals surface area contributed by atoms with Gasteiger partial charge in [-0.1, -0.05) is 12.1 Å². The molecule has 94 valence electrons. The van der Waals surface area contributed by atoms with Crippen LogP contribution in [0.1, 0.15) is 18.4 Å². The van der Waals surface area contributed by atoms with Crippen LogP contribution in [0.3, 0.4) is 0 Å². The molecule has 0 aromatic heterocycles. The molecule has 0 N–H and O–H groups in total. The molecule has 2 nitrogen and oxygen atoms in total. The summed E-state index contributed by atoms with van der Waals surface area (Å²) >= 11 is 5.89. The maximum atomic E-state index is 5.89. The Morgan fingerprint density at radius 2 is 1.88 bits per heavy atom. The van der Waals surface area contributed by atoms with Gasteiger partial charge in [0.05, 0.1) is 7.11 Å². The van der Waals surface area contributed by atoms with Crippen molar-refractivity contribution in [3.05, 3.63) is 29.8 Å². The van der Waals surface area contributed by atoms with Gasteiger partial charge in [-0.25, -0.2) is 0 Å². The Hall–Kier alpha value is -0.730. The largest absolute Gasteiger partial charge is 0.497 e. The highest BCUT2D eigenvalue weighted by Gasteiger charge is 2.18. The van der Waals surface area contributed by atoms with Crippen molar-refractivity contribution in [1.82, 2.24) is 4.90 Å². The van der Waals surface area contributed by atoms with E-state index >= 15 is 0 Å². The number of hydrogen-bond acceptors (Lipinski definition) is 2. The topological polar surface area (TPSA) is 12.5 Å². The zero-order chi connectivity index (χ0) is 12.1. The quantitative estimate of drug-likeness (QED) is 0.765. The van der Waals surface area contributed by atoms with Gasteiger partial charge in [0.25, 0.3) is 0 Å². The molecule has 0 unspecified atom stereocenters. The molecule has 0 amide bonds. The van der Waals surface area contributed by atoms with E-state index in [0.717, 1.165) is 24.1 Å². The molecule has 0 aliphatic carbocycles. The highest BCUT2D eigenvalue weighted by molar-refractivity contribution is 6.18. The first kappa shape index (κ1) is 12.7. The van der Waals surface area contributed by atoms with E-state index in [1.807, 2.05) is 12.1 Å². The van der Waals surface area contributed by atoms with Crippen molar-refractivity contribution in [2.75, 3.05) is 26.1 Å². The van der Waals surface area contributed by atoms with Gasteiger partial charge >= 0.3 is 0 Å². The summed E-state index contributed by atoms with van der Waals surface area (Å²) in [5, 5.41) is 0. The lowest BCUT2D eigenvalue weighted by Gasteiger charge is -2.31. The molecule has 0 atom stereocenters. The predicted octanol–water partition coefficient (Wildman–Crippen LogP) is 3.15. The first-order valence-electron chi connectivity index (χ1n) is 6.23. The Morgan fingerprint density at radius 3 is 2.41 bits per heavy atom. The molecular weight excluding hydrogens is 234 g/mol. The van der Waals surface area contributed by atoms with E-state index in [1.54, 1.807) is 7.11 Å². The smallest absolute Gasteiger partial charge is 0.118 e. The number of piperidine rings is 1. The molecule has 17 heavy (non-hydrogen) atoms. The third kappa shape index (κ3) is 3.62. The van der Waals surface area contributed by atoms with Crippen LogP contribution in [0, 0.1) is 5.92 Å². The fraction of sp³-hybridized carbons (Fsp3) is 0.571. The third-order valence-corrected chi connectivity index (χ3v) is 3.93. The normalized spacial score (nSPS) is 18.2. The Balaban J connectivity index is 1.84. The predicted molar refractivity (Wildman–Crippen MR) is 71.7 cm³/mol. The van der Waals surface area contributed by atoms with E-state index < -0.39 is 0 Å². The Kier molecular flexibility index (Phi) is 4.69. The molecule has 1 aromatic rings. The second kappa shape index (κ2) is 6.27. The molecule has 3 heteroatoms. The summed E-state index contributed by atoms with van der Waals surface area (Å²) in [7, 11) is 1.70. The maximum Gasteiger partial charge on any atom is 0.118 e.